The van der Waals surface area contributed by atoms with Crippen molar-refractivity contribution in [2.45, 2.75) is 11.7 Å². The Labute approximate surface area is 217 Å². The second kappa shape index (κ2) is 9.97. The Hall–Kier alpha value is -4.13. The molecule has 0 saturated carbocycles. The van der Waals surface area contributed by atoms with Crippen molar-refractivity contribution in [1.82, 2.24) is 14.6 Å². The minimum absolute atomic E-state index is 0.0373. The van der Waals surface area contributed by atoms with Gasteiger partial charge in [-0.05, 0) is 48.5 Å². The number of alkyl halides is 6. The predicted octanol–water partition coefficient (Wildman–Crippen LogP) is 5.88. The predicted molar refractivity (Wildman–Crippen MR) is 127 cm³/mol. The minimum Gasteiger partial charge on any atom is -0.493 e. The number of hydrogen-bond donors (Lipinski definition) is 0. The number of nitrogens with zero attached hydrogens (tertiary/aromatic N) is 4. The standard InChI is InChI=1S/C24H18ClF5N4O4/c1-33(14-5-7-15(8-6-14)38-24(25,29)30)22(35)17-12-21-31-16(11-20(23(26,27)28)34(21)32-17)13-4-9-18(36-2)19(10-13)37-3/h4-12H,1-3H3. The van der Waals surface area contributed by atoms with Gasteiger partial charge in [0, 0.05) is 36.0 Å². The van der Waals surface area contributed by atoms with Gasteiger partial charge >= 0.3 is 11.7 Å². The molecule has 2 aromatic heterocycles. The lowest BCUT2D eigenvalue weighted by molar-refractivity contribution is -0.142. The largest absolute Gasteiger partial charge is 0.493 e. The molecule has 1 amide bonds. The molecule has 0 saturated heterocycles. The van der Waals surface area contributed by atoms with Crippen molar-refractivity contribution in [2.75, 3.05) is 26.2 Å². The lowest BCUT2D eigenvalue weighted by atomic mass is 10.1. The molecule has 0 atom stereocenters. The van der Waals surface area contributed by atoms with Crippen LogP contribution in [-0.2, 0) is 6.18 Å². The second-order valence-corrected chi connectivity index (χ2v) is 8.24. The van der Waals surface area contributed by atoms with E-state index in [2.05, 4.69) is 14.8 Å². The van der Waals surface area contributed by atoms with Crippen molar-refractivity contribution in [2.24, 2.45) is 0 Å². The Balaban J connectivity index is 1.72. The van der Waals surface area contributed by atoms with E-state index in [1.165, 1.54) is 51.6 Å². The zero-order chi connectivity index (χ0) is 27.8. The van der Waals surface area contributed by atoms with Crippen LogP contribution in [0, 0.1) is 0 Å². The van der Waals surface area contributed by atoms with Crippen LogP contribution in [-0.4, -0.2) is 47.3 Å². The summed E-state index contributed by atoms with van der Waals surface area (Å²) in [4.78, 5) is 18.4. The molecule has 200 valence electrons. The smallest absolute Gasteiger partial charge is 0.487 e. The summed E-state index contributed by atoms with van der Waals surface area (Å²) in [6, 6.07) is 11.3. The summed E-state index contributed by atoms with van der Waals surface area (Å²) in [7, 11) is 4.15. The summed E-state index contributed by atoms with van der Waals surface area (Å²) in [6.07, 6.45) is -4.83. The van der Waals surface area contributed by atoms with Crippen molar-refractivity contribution < 1.29 is 41.0 Å². The van der Waals surface area contributed by atoms with Gasteiger partial charge in [-0.15, -0.1) is 8.78 Å². The quantitative estimate of drug-likeness (QED) is 0.209. The molecule has 2 aromatic carbocycles. The molecular weight excluding hydrogens is 539 g/mol. The highest BCUT2D eigenvalue weighted by molar-refractivity contribution is 6.20. The third-order valence-electron chi connectivity index (χ3n) is 5.38. The number of ether oxygens (including phenoxy) is 3. The fraction of sp³-hybridized carbons (Fsp3) is 0.208. The topological polar surface area (TPSA) is 78.2 Å². The van der Waals surface area contributed by atoms with Crippen LogP contribution < -0.4 is 19.1 Å². The minimum atomic E-state index is -4.83. The number of halogens is 6. The van der Waals surface area contributed by atoms with Crippen molar-refractivity contribution in [3.05, 3.63) is 66.0 Å². The van der Waals surface area contributed by atoms with E-state index in [1.807, 2.05) is 0 Å². The Bertz CT molecular complexity index is 1490. The average molecular weight is 557 g/mol. The van der Waals surface area contributed by atoms with Gasteiger partial charge < -0.3 is 19.1 Å². The zero-order valence-corrected chi connectivity index (χ0v) is 20.6. The van der Waals surface area contributed by atoms with Crippen LogP contribution in [0.5, 0.6) is 17.2 Å². The van der Waals surface area contributed by atoms with Crippen molar-refractivity contribution in [3.8, 4) is 28.5 Å². The van der Waals surface area contributed by atoms with Gasteiger partial charge in [0.2, 0.25) is 0 Å². The van der Waals surface area contributed by atoms with Crippen molar-refractivity contribution in [1.29, 1.82) is 0 Å². The molecule has 0 aliphatic rings. The van der Waals surface area contributed by atoms with Gasteiger partial charge in [-0.3, -0.25) is 4.79 Å². The fourth-order valence-corrected chi connectivity index (χ4v) is 3.67. The van der Waals surface area contributed by atoms with Gasteiger partial charge in [0.05, 0.1) is 19.9 Å². The SMILES string of the molecule is COc1ccc(-c2cc(C(F)(F)F)n3nc(C(=O)N(C)c4ccc(OC(F)(F)Cl)cc4)cc3n2)cc1OC. The number of methoxy groups -OCH3 is 2. The molecule has 0 fully saturated rings. The van der Waals surface area contributed by atoms with Gasteiger partial charge in [0.15, 0.2) is 28.5 Å². The molecule has 38 heavy (non-hydrogen) atoms. The first-order valence-electron chi connectivity index (χ1n) is 10.6. The molecule has 0 aliphatic carbocycles. The maximum Gasteiger partial charge on any atom is 0.487 e. The number of benzene rings is 2. The maximum absolute atomic E-state index is 14.0. The Kier molecular flexibility index (Phi) is 7.06. The van der Waals surface area contributed by atoms with Crippen LogP contribution in [0.2, 0.25) is 0 Å². The van der Waals surface area contributed by atoms with Crippen LogP contribution in [0.4, 0.5) is 27.6 Å². The van der Waals surface area contributed by atoms with Crippen LogP contribution >= 0.6 is 11.6 Å². The Morgan fingerprint density at radius 2 is 1.61 bits per heavy atom. The van der Waals surface area contributed by atoms with Crippen LogP contribution in [0.15, 0.2) is 54.6 Å². The first-order chi connectivity index (χ1) is 17.8. The van der Waals surface area contributed by atoms with E-state index in [-0.39, 0.29) is 34.2 Å². The number of rotatable bonds is 7. The second-order valence-electron chi connectivity index (χ2n) is 7.80. The number of carbonyl (C=O) groups excluding carboxylic acids is 1. The van der Waals surface area contributed by atoms with E-state index in [9.17, 15) is 26.7 Å². The average Bonchev–Trinajstić information content (AvgIpc) is 3.29. The van der Waals surface area contributed by atoms with Gasteiger partial charge in [-0.2, -0.15) is 18.3 Å². The number of hydrogen-bond acceptors (Lipinski definition) is 6. The molecule has 4 rings (SSSR count). The lowest BCUT2D eigenvalue weighted by Gasteiger charge is -2.17. The van der Waals surface area contributed by atoms with E-state index in [0.29, 0.717) is 15.8 Å². The lowest BCUT2D eigenvalue weighted by Crippen LogP contribution is -2.26. The van der Waals surface area contributed by atoms with E-state index in [1.54, 1.807) is 0 Å². The van der Waals surface area contributed by atoms with Gasteiger partial charge in [-0.1, -0.05) is 0 Å². The first kappa shape index (κ1) is 26.9. The van der Waals surface area contributed by atoms with E-state index >= 15 is 0 Å². The third kappa shape index (κ3) is 5.57. The third-order valence-corrected chi connectivity index (χ3v) is 5.46. The highest BCUT2D eigenvalue weighted by Crippen LogP contribution is 2.36. The molecule has 0 spiro atoms. The van der Waals surface area contributed by atoms with Crippen LogP contribution in [0.25, 0.3) is 16.9 Å². The number of anilines is 1. The molecule has 2 heterocycles. The highest BCUT2D eigenvalue weighted by atomic mass is 35.5. The number of aromatic nitrogens is 3. The highest BCUT2D eigenvalue weighted by Gasteiger charge is 2.36. The monoisotopic (exact) mass is 556 g/mol. The van der Waals surface area contributed by atoms with Gasteiger partial charge in [0.1, 0.15) is 5.75 Å². The molecule has 0 N–H and O–H groups in total. The van der Waals surface area contributed by atoms with Gasteiger partial charge in [0.25, 0.3) is 5.91 Å². The fourth-order valence-electron chi connectivity index (χ4n) is 3.58. The molecule has 8 nitrogen and oxygen atoms in total. The molecule has 4 aromatic rings. The van der Waals surface area contributed by atoms with Crippen LogP contribution in [0.1, 0.15) is 16.2 Å². The molecule has 0 unspecified atom stereocenters. The molecule has 14 heteroatoms. The van der Waals surface area contributed by atoms with Crippen molar-refractivity contribution >= 4 is 28.8 Å². The molecule has 0 radical (unpaired) electrons. The van der Waals surface area contributed by atoms with E-state index in [0.717, 1.165) is 29.2 Å². The van der Waals surface area contributed by atoms with Gasteiger partial charge in [-0.25, -0.2) is 9.50 Å². The Morgan fingerprint density at radius 3 is 2.18 bits per heavy atom. The van der Waals surface area contributed by atoms with Crippen LogP contribution in [0.3, 0.4) is 0 Å². The van der Waals surface area contributed by atoms with E-state index < -0.39 is 23.3 Å². The summed E-state index contributed by atoms with van der Waals surface area (Å²) in [5.74, 6) is -0.362. The summed E-state index contributed by atoms with van der Waals surface area (Å²) >= 11 is 4.73. The molecular formula is C24H18ClF5N4O4. The number of fused-ring (bicyclic) bond motifs is 1. The zero-order valence-electron chi connectivity index (χ0n) is 19.9. The summed E-state index contributed by atoms with van der Waals surface area (Å²) < 4.78 is 82.7. The number of amides is 1. The summed E-state index contributed by atoms with van der Waals surface area (Å²) in [6.45, 7) is 0. The van der Waals surface area contributed by atoms with E-state index in [4.69, 9.17) is 21.1 Å². The number of carbonyl (C=O) groups is 1. The summed E-state index contributed by atoms with van der Waals surface area (Å²) in [5.41, 5.74) is -5.13. The Morgan fingerprint density at radius 1 is 0.947 bits per heavy atom. The van der Waals surface area contributed by atoms with Crippen molar-refractivity contribution in [3.63, 3.8) is 0 Å². The maximum atomic E-state index is 14.0. The normalized spacial score (nSPS) is 11.9. The first-order valence-corrected chi connectivity index (χ1v) is 11.0. The molecule has 0 bridgehead atoms. The summed E-state index contributed by atoms with van der Waals surface area (Å²) in [5, 5.41) is 3.84. The molecule has 0 aliphatic heterocycles.